The number of benzene rings is 1. The molecule has 0 radical (unpaired) electrons. The maximum atomic E-state index is 11.3. The molecule has 0 aliphatic carbocycles. The number of carboxylic acid groups (broad SMARTS) is 1. The Balaban J connectivity index is 2.40. The van der Waals surface area contributed by atoms with Crippen molar-refractivity contribution < 1.29 is 14.6 Å². The largest absolute Gasteiger partial charge is 0.478 e. The smallest absolute Gasteiger partial charge is 0.337 e. The van der Waals surface area contributed by atoms with Crippen LogP contribution >= 0.6 is 11.6 Å². The molecular weight excluding hydrogens is 254 g/mol. The highest BCUT2D eigenvalue weighted by molar-refractivity contribution is 6.34. The molecule has 2 atom stereocenters. The van der Waals surface area contributed by atoms with Gasteiger partial charge in [-0.1, -0.05) is 17.7 Å². The average Bonchev–Trinajstić information content (AvgIpc) is 2.26. The van der Waals surface area contributed by atoms with Gasteiger partial charge in [0.25, 0.3) is 0 Å². The first-order valence-corrected chi connectivity index (χ1v) is 6.29. The van der Waals surface area contributed by atoms with Crippen molar-refractivity contribution in [2.45, 2.75) is 26.1 Å². The summed E-state index contributed by atoms with van der Waals surface area (Å²) in [5.41, 5.74) is 0.831. The number of carbonyl (C=O) groups is 1. The Labute approximate surface area is 111 Å². The summed E-state index contributed by atoms with van der Waals surface area (Å²) < 4.78 is 5.65. The standard InChI is InChI=1S/C13H16ClNO3/c1-8-6-15(7-9(2)18-8)12-10(13(16)17)4-3-5-11(12)14/h3-5,8-9H,6-7H2,1-2H3,(H,16,17). The number of morpholine rings is 1. The number of para-hydroxylation sites is 1. The van der Waals surface area contributed by atoms with Gasteiger partial charge >= 0.3 is 5.97 Å². The van der Waals surface area contributed by atoms with Crippen molar-refractivity contribution >= 4 is 23.3 Å². The quantitative estimate of drug-likeness (QED) is 0.897. The van der Waals surface area contributed by atoms with Gasteiger partial charge < -0.3 is 14.7 Å². The number of nitrogens with zero attached hydrogens (tertiary/aromatic N) is 1. The molecule has 1 aromatic carbocycles. The minimum absolute atomic E-state index is 0.0617. The van der Waals surface area contributed by atoms with Gasteiger partial charge in [-0.05, 0) is 26.0 Å². The van der Waals surface area contributed by atoms with Crippen LogP contribution in [0.2, 0.25) is 5.02 Å². The summed E-state index contributed by atoms with van der Waals surface area (Å²) in [4.78, 5) is 13.3. The van der Waals surface area contributed by atoms with Crippen LogP contribution in [-0.4, -0.2) is 36.4 Å². The number of carboxylic acids is 1. The van der Waals surface area contributed by atoms with E-state index in [9.17, 15) is 9.90 Å². The number of hydrogen-bond acceptors (Lipinski definition) is 3. The lowest BCUT2D eigenvalue weighted by Gasteiger charge is -2.37. The molecular formula is C13H16ClNO3. The fourth-order valence-electron chi connectivity index (χ4n) is 2.37. The second kappa shape index (κ2) is 5.16. The van der Waals surface area contributed by atoms with Crippen molar-refractivity contribution in [2.24, 2.45) is 0 Å². The fourth-order valence-corrected chi connectivity index (χ4v) is 2.66. The lowest BCUT2D eigenvalue weighted by Crippen LogP contribution is -2.46. The average molecular weight is 270 g/mol. The molecule has 5 heteroatoms. The van der Waals surface area contributed by atoms with Crippen LogP contribution in [0.5, 0.6) is 0 Å². The van der Waals surface area contributed by atoms with Crippen LogP contribution in [-0.2, 0) is 4.74 Å². The Morgan fingerprint density at radius 1 is 1.39 bits per heavy atom. The third-order valence-electron chi connectivity index (χ3n) is 2.95. The van der Waals surface area contributed by atoms with E-state index in [2.05, 4.69) is 0 Å². The number of anilines is 1. The zero-order valence-electron chi connectivity index (χ0n) is 10.4. The van der Waals surface area contributed by atoms with Gasteiger partial charge in [-0.15, -0.1) is 0 Å². The number of halogens is 1. The monoisotopic (exact) mass is 269 g/mol. The summed E-state index contributed by atoms with van der Waals surface area (Å²) in [6, 6.07) is 4.95. The first-order valence-electron chi connectivity index (χ1n) is 5.91. The van der Waals surface area contributed by atoms with E-state index < -0.39 is 5.97 Å². The first kappa shape index (κ1) is 13.2. The van der Waals surface area contributed by atoms with Crippen LogP contribution < -0.4 is 4.90 Å². The summed E-state index contributed by atoms with van der Waals surface area (Å²) >= 11 is 6.16. The summed E-state index contributed by atoms with van der Waals surface area (Å²) in [5.74, 6) is -0.959. The van der Waals surface area contributed by atoms with E-state index in [1.807, 2.05) is 18.7 Å². The molecule has 18 heavy (non-hydrogen) atoms. The SMILES string of the molecule is CC1CN(c2c(Cl)cccc2C(=O)O)CC(C)O1. The lowest BCUT2D eigenvalue weighted by molar-refractivity contribution is -0.00531. The second-order valence-electron chi connectivity index (χ2n) is 4.60. The van der Waals surface area contributed by atoms with Crippen molar-refractivity contribution in [3.8, 4) is 0 Å². The van der Waals surface area contributed by atoms with Crippen LogP contribution in [0.1, 0.15) is 24.2 Å². The molecule has 2 rings (SSSR count). The Morgan fingerprint density at radius 2 is 2.00 bits per heavy atom. The highest BCUT2D eigenvalue weighted by Crippen LogP contribution is 2.32. The molecule has 4 nitrogen and oxygen atoms in total. The normalized spacial score (nSPS) is 24.1. The van der Waals surface area contributed by atoms with Gasteiger partial charge in [0.15, 0.2) is 0 Å². The summed E-state index contributed by atoms with van der Waals surface area (Å²) in [6.45, 7) is 5.24. The molecule has 1 fully saturated rings. The Hall–Kier alpha value is -1.26. The van der Waals surface area contributed by atoms with Gasteiger partial charge in [0.05, 0.1) is 28.5 Å². The van der Waals surface area contributed by atoms with Crippen molar-refractivity contribution in [3.05, 3.63) is 28.8 Å². The summed E-state index contributed by atoms with van der Waals surface area (Å²) in [5, 5.41) is 9.70. The lowest BCUT2D eigenvalue weighted by atomic mass is 10.1. The van der Waals surface area contributed by atoms with Crippen LogP contribution in [0.3, 0.4) is 0 Å². The Bertz CT molecular complexity index is 454. The van der Waals surface area contributed by atoms with Crippen LogP contribution in [0.4, 0.5) is 5.69 Å². The highest BCUT2D eigenvalue weighted by Gasteiger charge is 2.27. The molecule has 1 N–H and O–H groups in total. The summed E-state index contributed by atoms with van der Waals surface area (Å²) in [6.07, 6.45) is 0.123. The van der Waals surface area contributed by atoms with Gasteiger partial charge in [0.1, 0.15) is 0 Å². The number of ether oxygens (including phenoxy) is 1. The molecule has 1 saturated heterocycles. The first-order chi connectivity index (χ1) is 8.49. The predicted octanol–water partition coefficient (Wildman–Crippen LogP) is 2.65. The van der Waals surface area contributed by atoms with Gasteiger partial charge in [0.2, 0.25) is 0 Å². The third kappa shape index (κ3) is 2.60. The molecule has 0 spiro atoms. The molecule has 1 heterocycles. The zero-order chi connectivity index (χ0) is 13.3. The van der Waals surface area contributed by atoms with E-state index in [1.54, 1.807) is 18.2 Å². The molecule has 0 amide bonds. The molecule has 0 saturated carbocycles. The van der Waals surface area contributed by atoms with Crippen LogP contribution in [0.25, 0.3) is 0 Å². The van der Waals surface area contributed by atoms with E-state index in [0.29, 0.717) is 23.8 Å². The van der Waals surface area contributed by atoms with E-state index in [0.717, 1.165) is 0 Å². The molecule has 98 valence electrons. The molecule has 1 aliphatic heterocycles. The van der Waals surface area contributed by atoms with E-state index >= 15 is 0 Å². The highest BCUT2D eigenvalue weighted by atomic mass is 35.5. The topological polar surface area (TPSA) is 49.8 Å². The maximum Gasteiger partial charge on any atom is 0.337 e. The molecule has 1 aromatic rings. The Morgan fingerprint density at radius 3 is 2.56 bits per heavy atom. The minimum atomic E-state index is -0.959. The number of rotatable bonds is 2. The van der Waals surface area contributed by atoms with Gasteiger partial charge in [-0.3, -0.25) is 0 Å². The van der Waals surface area contributed by atoms with Crippen molar-refractivity contribution in [2.75, 3.05) is 18.0 Å². The van der Waals surface area contributed by atoms with E-state index in [4.69, 9.17) is 16.3 Å². The maximum absolute atomic E-state index is 11.3. The number of hydrogen-bond donors (Lipinski definition) is 1. The zero-order valence-corrected chi connectivity index (χ0v) is 11.1. The minimum Gasteiger partial charge on any atom is -0.478 e. The molecule has 0 bridgehead atoms. The van der Waals surface area contributed by atoms with Gasteiger partial charge in [0, 0.05) is 13.1 Å². The second-order valence-corrected chi connectivity index (χ2v) is 5.01. The van der Waals surface area contributed by atoms with Crippen LogP contribution in [0, 0.1) is 0 Å². The molecule has 2 unspecified atom stereocenters. The van der Waals surface area contributed by atoms with Crippen molar-refractivity contribution in [1.29, 1.82) is 0 Å². The molecule has 1 aliphatic rings. The van der Waals surface area contributed by atoms with Gasteiger partial charge in [-0.25, -0.2) is 4.79 Å². The predicted molar refractivity (Wildman–Crippen MR) is 70.6 cm³/mol. The van der Waals surface area contributed by atoms with Crippen molar-refractivity contribution in [3.63, 3.8) is 0 Å². The third-order valence-corrected chi connectivity index (χ3v) is 3.26. The van der Waals surface area contributed by atoms with Crippen LogP contribution in [0.15, 0.2) is 18.2 Å². The van der Waals surface area contributed by atoms with Crippen molar-refractivity contribution in [1.82, 2.24) is 0 Å². The van der Waals surface area contributed by atoms with Gasteiger partial charge in [-0.2, -0.15) is 0 Å². The Kier molecular flexibility index (Phi) is 3.78. The van der Waals surface area contributed by atoms with E-state index in [1.165, 1.54) is 0 Å². The molecule has 0 aromatic heterocycles. The fraction of sp³-hybridized carbons (Fsp3) is 0.462. The summed E-state index contributed by atoms with van der Waals surface area (Å²) in [7, 11) is 0. The van der Waals surface area contributed by atoms with E-state index in [-0.39, 0.29) is 17.8 Å². The number of aromatic carboxylic acids is 1.